The molecule has 0 aliphatic heterocycles. The highest BCUT2D eigenvalue weighted by atomic mass is 16.6. The molecule has 0 saturated heterocycles. The van der Waals surface area contributed by atoms with Crippen molar-refractivity contribution in [1.29, 1.82) is 0 Å². The van der Waals surface area contributed by atoms with Gasteiger partial charge in [0.05, 0.1) is 11.5 Å². The molecule has 0 fully saturated rings. The van der Waals surface area contributed by atoms with Gasteiger partial charge in [0.2, 0.25) is 0 Å². The average molecular weight is 272 g/mol. The van der Waals surface area contributed by atoms with Crippen molar-refractivity contribution in [3.8, 4) is 0 Å². The summed E-state index contributed by atoms with van der Waals surface area (Å²) in [6.45, 7) is -0.171. The number of nitrogens with zero attached hydrogens (tertiary/aromatic N) is 2. The number of aromatic nitrogens is 1. The predicted octanol–water partition coefficient (Wildman–Crippen LogP) is 1.57. The third-order valence-electron chi connectivity index (χ3n) is 2.79. The number of nitro groups is 1. The van der Waals surface area contributed by atoms with Gasteiger partial charge in [0.25, 0.3) is 0 Å². The van der Waals surface area contributed by atoms with E-state index < -0.39 is 16.2 Å². The van der Waals surface area contributed by atoms with Crippen molar-refractivity contribution in [2.75, 3.05) is 0 Å². The third kappa shape index (κ3) is 3.17. The van der Waals surface area contributed by atoms with Gasteiger partial charge in [-0.1, -0.05) is 30.3 Å². The monoisotopic (exact) mass is 272 g/mol. The summed E-state index contributed by atoms with van der Waals surface area (Å²) in [6.07, 6.45) is 1.56. The molecule has 6 nitrogen and oxygen atoms in total. The summed E-state index contributed by atoms with van der Waals surface area (Å²) in [5.41, 5.74) is -0.449. The smallest absolute Gasteiger partial charge is 0.302 e. The largest absolute Gasteiger partial charge is 0.334 e. The Labute approximate surface area is 114 Å². The number of Topliss-reactive ketones (excluding diaryl/α,β-unsaturated/α-hetero) is 1. The van der Waals surface area contributed by atoms with Crippen LogP contribution < -0.4 is 5.56 Å². The van der Waals surface area contributed by atoms with Crippen LogP contribution in [0.15, 0.2) is 53.5 Å². The van der Waals surface area contributed by atoms with E-state index in [1.54, 1.807) is 0 Å². The van der Waals surface area contributed by atoms with Gasteiger partial charge in [-0.15, -0.1) is 0 Å². The molecule has 0 atom stereocenters. The lowest BCUT2D eigenvalue weighted by atomic mass is 10.1. The van der Waals surface area contributed by atoms with Crippen molar-refractivity contribution in [2.45, 2.75) is 13.0 Å². The second-order valence-corrected chi connectivity index (χ2v) is 4.28. The van der Waals surface area contributed by atoms with E-state index in [1.165, 1.54) is 12.3 Å². The molecule has 0 bridgehead atoms. The average Bonchev–Trinajstić information content (AvgIpc) is 2.42. The van der Waals surface area contributed by atoms with Crippen molar-refractivity contribution < 1.29 is 9.72 Å². The maximum atomic E-state index is 11.9. The molecule has 0 radical (unpaired) electrons. The van der Waals surface area contributed by atoms with Crippen LogP contribution in [0, 0.1) is 10.1 Å². The van der Waals surface area contributed by atoms with Gasteiger partial charge < -0.3 is 4.57 Å². The first kappa shape index (κ1) is 13.7. The zero-order chi connectivity index (χ0) is 14.5. The lowest BCUT2D eigenvalue weighted by molar-refractivity contribution is -0.386. The van der Waals surface area contributed by atoms with E-state index in [-0.39, 0.29) is 18.7 Å². The lowest BCUT2D eigenvalue weighted by Gasteiger charge is -2.04. The minimum atomic E-state index is -0.765. The SMILES string of the molecule is O=C(Cc1ccccc1)Cn1cccc([N+](=O)[O-])c1=O. The Morgan fingerprint density at radius 3 is 2.50 bits per heavy atom. The molecule has 0 aliphatic rings. The Morgan fingerprint density at radius 1 is 1.15 bits per heavy atom. The summed E-state index contributed by atoms with van der Waals surface area (Å²) in [6, 6.07) is 11.6. The number of benzene rings is 1. The molecule has 2 rings (SSSR count). The highest BCUT2D eigenvalue weighted by Gasteiger charge is 2.15. The van der Waals surface area contributed by atoms with Crippen molar-refractivity contribution in [3.05, 3.63) is 74.7 Å². The fourth-order valence-electron chi connectivity index (χ4n) is 1.86. The normalized spacial score (nSPS) is 10.2. The maximum absolute atomic E-state index is 11.9. The van der Waals surface area contributed by atoms with Crippen molar-refractivity contribution >= 4 is 11.5 Å². The van der Waals surface area contributed by atoms with Crippen LogP contribution in [-0.2, 0) is 17.8 Å². The van der Waals surface area contributed by atoms with Gasteiger partial charge in [0.15, 0.2) is 5.78 Å². The highest BCUT2D eigenvalue weighted by Crippen LogP contribution is 2.04. The topological polar surface area (TPSA) is 82.2 Å². The molecule has 2 aromatic rings. The van der Waals surface area contributed by atoms with Crippen molar-refractivity contribution in [1.82, 2.24) is 4.57 Å². The van der Waals surface area contributed by atoms with E-state index >= 15 is 0 Å². The zero-order valence-corrected chi connectivity index (χ0v) is 10.6. The Hall–Kier alpha value is -2.76. The second kappa shape index (κ2) is 5.92. The van der Waals surface area contributed by atoms with Crippen molar-refractivity contribution in [3.63, 3.8) is 0 Å². The lowest BCUT2D eigenvalue weighted by Crippen LogP contribution is -2.26. The zero-order valence-electron chi connectivity index (χ0n) is 10.6. The van der Waals surface area contributed by atoms with E-state index in [9.17, 15) is 19.7 Å². The molecular formula is C14H12N2O4. The molecule has 0 N–H and O–H groups in total. The summed E-state index contributed by atoms with van der Waals surface area (Å²) in [7, 11) is 0. The third-order valence-corrected chi connectivity index (χ3v) is 2.79. The molecular weight excluding hydrogens is 260 g/mol. The van der Waals surface area contributed by atoms with Crippen LogP contribution in [0.25, 0.3) is 0 Å². The first-order valence-corrected chi connectivity index (χ1v) is 5.97. The molecule has 0 saturated carbocycles. The molecule has 0 aliphatic carbocycles. The minimum Gasteiger partial charge on any atom is -0.302 e. The summed E-state index contributed by atoms with van der Waals surface area (Å²) in [5.74, 6) is -0.182. The van der Waals surface area contributed by atoms with Gasteiger partial charge in [-0.2, -0.15) is 0 Å². The number of carbonyl (C=O) groups is 1. The molecule has 102 valence electrons. The van der Waals surface area contributed by atoms with Gasteiger partial charge in [-0.05, 0) is 11.6 Å². The second-order valence-electron chi connectivity index (χ2n) is 4.28. The van der Waals surface area contributed by atoms with Crippen molar-refractivity contribution in [2.24, 2.45) is 0 Å². The van der Waals surface area contributed by atoms with Gasteiger partial charge in [0.1, 0.15) is 0 Å². The standard InChI is InChI=1S/C14H12N2O4/c17-12(9-11-5-2-1-3-6-11)10-15-8-4-7-13(14(15)18)16(19)20/h1-8H,9-10H2. The van der Waals surface area contributed by atoms with E-state index in [4.69, 9.17) is 0 Å². The van der Waals surface area contributed by atoms with Gasteiger partial charge in [-0.25, -0.2) is 0 Å². The summed E-state index contributed by atoms with van der Waals surface area (Å²) < 4.78 is 1.06. The van der Waals surface area contributed by atoms with E-state index in [2.05, 4.69) is 0 Å². The molecule has 6 heteroatoms. The van der Waals surface area contributed by atoms with Crippen LogP contribution in [0.2, 0.25) is 0 Å². The van der Waals surface area contributed by atoms with Crippen LogP contribution in [-0.4, -0.2) is 15.3 Å². The Kier molecular flexibility index (Phi) is 4.05. The number of hydrogen-bond donors (Lipinski definition) is 0. The fraction of sp³-hybridized carbons (Fsp3) is 0.143. The quantitative estimate of drug-likeness (QED) is 0.611. The summed E-state index contributed by atoms with van der Waals surface area (Å²) >= 11 is 0. The number of pyridine rings is 1. The fourth-order valence-corrected chi connectivity index (χ4v) is 1.86. The molecule has 0 unspecified atom stereocenters. The van der Waals surface area contributed by atoms with Crippen LogP contribution in [0.4, 0.5) is 5.69 Å². The Bertz CT molecular complexity index is 692. The number of rotatable bonds is 5. The molecule has 0 amide bonds. The number of hydrogen-bond acceptors (Lipinski definition) is 4. The van der Waals surface area contributed by atoms with E-state index in [1.807, 2.05) is 30.3 Å². The van der Waals surface area contributed by atoms with Gasteiger partial charge >= 0.3 is 11.2 Å². The molecule has 0 spiro atoms. The molecule has 1 aromatic heterocycles. The van der Waals surface area contributed by atoms with E-state index in [0.717, 1.165) is 16.2 Å². The molecule has 1 heterocycles. The summed E-state index contributed by atoms with van der Waals surface area (Å²) in [5, 5.41) is 10.7. The minimum absolute atomic E-state index is 0.171. The first-order valence-electron chi connectivity index (χ1n) is 5.97. The predicted molar refractivity (Wildman–Crippen MR) is 72.5 cm³/mol. The van der Waals surface area contributed by atoms with Crippen LogP contribution in [0.3, 0.4) is 0 Å². The maximum Gasteiger partial charge on any atom is 0.334 e. The molecule has 20 heavy (non-hydrogen) atoms. The number of ketones is 1. The Balaban J connectivity index is 2.15. The highest BCUT2D eigenvalue weighted by molar-refractivity contribution is 5.80. The van der Waals surface area contributed by atoms with Crippen LogP contribution >= 0.6 is 0 Å². The van der Waals surface area contributed by atoms with Gasteiger partial charge in [-0.3, -0.25) is 19.7 Å². The van der Waals surface area contributed by atoms with Crippen LogP contribution in [0.5, 0.6) is 0 Å². The Morgan fingerprint density at radius 2 is 1.85 bits per heavy atom. The van der Waals surface area contributed by atoms with Crippen LogP contribution in [0.1, 0.15) is 5.56 Å². The summed E-state index contributed by atoms with van der Waals surface area (Å²) in [4.78, 5) is 33.6. The first-order chi connectivity index (χ1) is 9.58. The van der Waals surface area contributed by atoms with E-state index in [0.29, 0.717) is 0 Å². The number of carbonyl (C=O) groups excluding carboxylic acids is 1. The van der Waals surface area contributed by atoms with Gasteiger partial charge in [0, 0.05) is 18.7 Å². The molecule has 1 aromatic carbocycles.